The largest absolute Gasteiger partial charge is 0.493 e. The monoisotopic (exact) mass is 495 g/mol. The fraction of sp³-hybridized carbons (Fsp3) is 0.375. The number of alkyl halides is 3. The summed E-state index contributed by atoms with van der Waals surface area (Å²) in [6.07, 6.45) is -3.83. The van der Waals surface area contributed by atoms with Gasteiger partial charge in [-0.15, -0.1) is 0 Å². The third-order valence-electron chi connectivity index (χ3n) is 7.31. The number of methoxy groups -OCH3 is 1. The van der Waals surface area contributed by atoms with Crippen LogP contribution in [-0.4, -0.2) is 29.2 Å². The van der Waals surface area contributed by atoms with Crippen molar-refractivity contribution < 1.29 is 31.5 Å². The van der Waals surface area contributed by atoms with E-state index >= 15 is 0 Å². The molecule has 0 saturated heterocycles. The lowest BCUT2D eigenvalue weighted by Crippen LogP contribution is -2.38. The number of fused-ring (bicyclic) bond motifs is 1. The number of nitrogens with one attached hydrogen (secondary N) is 1. The number of aromatic amines is 1. The number of carbonyl (C=O) groups is 1. The minimum atomic E-state index is -4.62. The quantitative estimate of drug-likeness (QED) is 0.509. The Hall–Kier alpha value is -3.50. The summed E-state index contributed by atoms with van der Waals surface area (Å²) >= 11 is 0. The number of primary amides is 1. The van der Waals surface area contributed by atoms with Crippen molar-refractivity contribution in [2.75, 3.05) is 7.11 Å². The number of amides is 1. The van der Waals surface area contributed by atoms with Crippen molar-refractivity contribution in [2.24, 2.45) is 17.1 Å². The molecular formula is C24H22F5N3O3. The second-order valence-corrected chi connectivity index (χ2v) is 9.06. The van der Waals surface area contributed by atoms with E-state index in [1.54, 1.807) is 0 Å². The molecule has 4 rings (SSSR count). The average Bonchev–Trinajstić information content (AvgIpc) is 3.06. The zero-order valence-corrected chi connectivity index (χ0v) is 19.0. The normalized spacial score (nSPS) is 24.6. The second kappa shape index (κ2) is 8.31. The van der Waals surface area contributed by atoms with Gasteiger partial charge in [0.15, 0.2) is 17.0 Å². The highest BCUT2D eigenvalue weighted by Crippen LogP contribution is 2.64. The molecule has 1 fully saturated rings. The fourth-order valence-corrected chi connectivity index (χ4v) is 5.31. The van der Waals surface area contributed by atoms with Crippen LogP contribution in [0.4, 0.5) is 22.0 Å². The number of hydrogen-bond donors (Lipinski definition) is 2. The van der Waals surface area contributed by atoms with Crippen molar-refractivity contribution >= 4 is 16.8 Å². The molecule has 0 radical (unpaired) electrons. The summed E-state index contributed by atoms with van der Waals surface area (Å²) in [6, 6.07) is 4.56. The van der Waals surface area contributed by atoms with Crippen molar-refractivity contribution in [1.29, 1.82) is 0 Å². The predicted molar refractivity (Wildman–Crippen MR) is 117 cm³/mol. The highest BCUT2D eigenvalue weighted by atomic mass is 19.4. The summed E-state index contributed by atoms with van der Waals surface area (Å²) in [5.74, 6) is -6.93. The summed E-state index contributed by atoms with van der Waals surface area (Å²) in [7, 11) is 1.11. The molecule has 0 spiro atoms. The smallest absolute Gasteiger partial charge is 0.394 e. The number of benzene rings is 1. The third-order valence-corrected chi connectivity index (χ3v) is 7.31. The van der Waals surface area contributed by atoms with Gasteiger partial charge in [0.05, 0.1) is 23.4 Å². The topological polar surface area (TPSA) is 98.1 Å². The summed E-state index contributed by atoms with van der Waals surface area (Å²) < 4.78 is 76.3. The number of pyridine rings is 2. The zero-order chi connectivity index (χ0) is 25.9. The third kappa shape index (κ3) is 3.73. The zero-order valence-electron chi connectivity index (χ0n) is 19.0. The van der Waals surface area contributed by atoms with Crippen LogP contribution < -0.4 is 15.9 Å². The Labute approximate surface area is 196 Å². The maximum Gasteiger partial charge on any atom is 0.394 e. The van der Waals surface area contributed by atoms with Gasteiger partial charge in [0.1, 0.15) is 5.69 Å². The van der Waals surface area contributed by atoms with E-state index in [0.29, 0.717) is 0 Å². The van der Waals surface area contributed by atoms with Gasteiger partial charge in [-0.3, -0.25) is 14.6 Å². The molecule has 186 valence electrons. The molecule has 1 saturated carbocycles. The minimum Gasteiger partial charge on any atom is -0.493 e. The number of rotatable bonds is 4. The number of H-pyrrole nitrogens is 1. The molecule has 6 nitrogen and oxygen atoms in total. The Morgan fingerprint density at radius 3 is 2.54 bits per heavy atom. The summed E-state index contributed by atoms with van der Waals surface area (Å²) in [4.78, 5) is 31.5. The van der Waals surface area contributed by atoms with Crippen LogP contribution in [0.1, 0.15) is 53.8 Å². The highest BCUT2D eigenvalue weighted by Gasteiger charge is 2.63. The van der Waals surface area contributed by atoms with Gasteiger partial charge < -0.3 is 15.5 Å². The molecule has 4 atom stereocenters. The van der Waals surface area contributed by atoms with E-state index in [1.165, 1.54) is 25.3 Å². The van der Waals surface area contributed by atoms with E-state index < -0.39 is 64.5 Å². The molecule has 3 N–H and O–H groups in total. The summed E-state index contributed by atoms with van der Waals surface area (Å²) in [5.41, 5.74) is 2.56. The molecule has 0 bridgehead atoms. The predicted octanol–water partition coefficient (Wildman–Crippen LogP) is 4.78. The van der Waals surface area contributed by atoms with Crippen LogP contribution >= 0.6 is 0 Å². The van der Waals surface area contributed by atoms with Gasteiger partial charge in [-0.05, 0) is 30.4 Å². The molecule has 35 heavy (non-hydrogen) atoms. The van der Waals surface area contributed by atoms with Gasteiger partial charge in [0.25, 0.3) is 5.91 Å². The highest BCUT2D eigenvalue weighted by molar-refractivity contribution is 6.03. The van der Waals surface area contributed by atoms with E-state index in [-0.39, 0.29) is 27.9 Å². The van der Waals surface area contributed by atoms with Gasteiger partial charge in [-0.25, -0.2) is 4.39 Å². The van der Waals surface area contributed by atoms with Crippen molar-refractivity contribution in [1.82, 2.24) is 9.97 Å². The minimum absolute atomic E-state index is 0.0599. The number of ether oxygens (including phenoxy) is 1. The molecule has 1 aliphatic rings. The molecule has 0 unspecified atom stereocenters. The maximum atomic E-state index is 14.5. The lowest BCUT2D eigenvalue weighted by Gasteiger charge is -2.33. The van der Waals surface area contributed by atoms with Crippen LogP contribution in [0.5, 0.6) is 5.75 Å². The van der Waals surface area contributed by atoms with Gasteiger partial charge in [-0.1, -0.05) is 19.9 Å². The average molecular weight is 495 g/mol. The van der Waals surface area contributed by atoms with Gasteiger partial charge in [0.2, 0.25) is 5.82 Å². The number of hydrogen-bond acceptors (Lipinski definition) is 4. The molecule has 0 aliphatic heterocycles. The first-order valence-electron chi connectivity index (χ1n) is 10.7. The SMILES string of the molecule is COc1c([C@@H]2C[C@](C)(C(F)(F)F)[C@H](C)[C@H]2c2cc(=O)c3c(C(N)=O)nccc3[nH]2)ccc(F)c1F. The number of nitrogens with two attached hydrogens (primary N) is 1. The van der Waals surface area contributed by atoms with Gasteiger partial charge in [0, 0.05) is 29.4 Å². The van der Waals surface area contributed by atoms with Crippen molar-refractivity contribution in [3.05, 3.63) is 69.3 Å². The fourth-order valence-electron chi connectivity index (χ4n) is 5.31. The number of aromatic nitrogens is 2. The molecular weight excluding hydrogens is 473 g/mol. The van der Waals surface area contributed by atoms with E-state index in [1.807, 2.05) is 0 Å². The van der Waals surface area contributed by atoms with E-state index in [9.17, 15) is 31.5 Å². The first kappa shape index (κ1) is 24.6. The van der Waals surface area contributed by atoms with Gasteiger partial charge in [-0.2, -0.15) is 17.6 Å². The summed E-state index contributed by atoms with van der Waals surface area (Å²) in [6.45, 7) is 2.49. The molecule has 1 aliphatic carbocycles. The van der Waals surface area contributed by atoms with Crippen molar-refractivity contribution in [3.8, 4) is 5.75 Å². The van der Waals surface area contributed by atoms with Crippen LogP contribution in [0.15, 0.2) is 35.3 Å². The molecule has 2 heterocycles. The standard InChI is InChI=1S/C24H22F5N3O3/c1-10-17(15-8-16(33)18-14(32-15)6-7-31-20(18)22(30)34)12(9-23(10,2)24(27,28)29)11-4-5-13(25)19(26)21(11)35-3/h4-8,10,12,17H,9H2,1-3H3,(H2,30,34)(H,32,33)/t10-,12+,17-,23+/m1/s1. The van der Waals surface area contributed by atoms with Crippen molar-refractivity contribution in [3.63, 3.8) is 0 Å². The Morgan fingerprint density at radius 1 is 1.26 bits per heavy atom. The molecule has 1 amide bonds. The van der Waals surface area contributed by atoms with E-state index in [2.05, 4.69) is 9.97 Å². The maximum absolute atomic E-state index is 14.5. The lowest BCUT2D eigenvalue weighted by atomic mass is 9.76. The van der Waals surface area contributed by atoms with Crippen molar-refractivity contribution in [2.45, 2.75) is 38.3 Å². The number of halogens is 5. The first-order chi connectivity index (χ1) is 16.3. The molecule has 2 aromatic heterocycles. The van der Waals surface area contributed by atoms with Crippen LogP contribution in [-0.2, 0) is 0 Å². The Kier molecular flexibility index (Phi) is 5.85. The molecule has 11 heteroatoms. The van der Waals surface area contributed by atoms with Crippen LogP contribution in [0.3, 0.4) is 0 Å². The van der Waals surface area contributed by atoms with E-state index in [4.69, 9.17) is 10.5 Å². The Balaban J connectivity index is 1.98. The lowest BCUT2D eigenvalue weighted by molar-refractivity contribution is -0.229. The Morgan fingerprint density at radius 2 is 1.94 bits per heavy atom. The Bertz CT molecular complexity index is 1390. The second-order valence-electron chi connectivity index (χ2n) is 9.06. The molecule has 3 aromatic rings. The number of carbonyl (C=O) groups excluding carboxylic acids is 1. The van der Waals surface area contributed by atoms with Crippen LogP contribution in [0, 0.1) is 23.0 Å². The number of nitrogens with zero attached hydrogens (tertiary/aromatic N) is 1. The first-order valence-corrected chi connectivity index (χ1v) is 10.7. The summed E-state index contributed by atoms with van der Waals surface area (Å²) in [5, 5.41) is -0.0880. The molecule has 1 aromatic carbocycles. The van der Waals surface area contributed by atoms with Gasteiger partial charge >= 0.3 is 6.18 Å². The van der Waals surface area contributed by atoms with E-state index in [0.717, 1.165) is 26.2 Å². The van der Waals surface area contributed by atoms with Crippen LogP contribution in [0.25, 0.3) is 10.9 Å². The van der Waals surface area contributed by atoms with Crippen LogP contribution in [0.2, 0.25) is 0 Å².